The average molecular weight is 486 g/mol. The van der Waals surface area contributed by atoms with E-state index in [1.165, 1.54) is 18.4 Å². The number of rotatable bonds is 6. The normalized spacial score (nSPS) is 19.3. The van der Waals surface area contributed by atoms with E-state index in [4.69, 9.17) is 9.47 Å². The number of piperidine rings is 1. The first-order valence-electron chi connectivity index (χ1n) is 9.26. The third-order valence-corrected chi connectivity index (χ3v) is 6.79. The van der Waals surface area contributed by atoms with Gasteiger partial charge in [-0.2, -0.15) is 0 Å². The summed E-state index contributed by atoms with van der Waals surface area (Å²) in [5, 5.41) is 3.77. The van der Waals surface area contributed by atoms with Crippen LogP contribution in [0.4, 0.5) is 5.13 Å². The van der Waals surface area contributed by atoms with Crippen molar-refractivity contribution >= 4 is 44.3 Å². The Morgan fingerprint density at radius 1 is 1.38 bits per heavy atom. The highest BCUT2D eigenvalue weighted by molar-refractivity contribution is 9.10. The van der Waals surface area contributed by atoms with E-state index in [1.54, 1.807) is 7.11 Å². The zero-order chi connectivity index (χ0) is 21.1. The molecule has 0 saturated carbocycles. The van der Waals surface area contributed by atoms with Gasteiger partial charge in [-0.15, -0.1) is 0 Å². The van der Waals surface area contributed by atoms with Crippen molar-refractivity contribution in [2.45, 2.75) is 38.8 Å². The van der Waals surface area contributed by atoms with Crippen LogP contribution in [-0.2, 0) is 15.9 Å². The SMILES string of the molecule is CCc1nc(N2CC[C@@H](NC(=O)c3nc(Br)c(C)[nH]3)[C@@H](OC)C2)sc1C(=O)OC. The number of hydrogen-bond acceptors (Lipinski definition) is 8. The summed E-state index contributed by atoms with van der Waals surface area (Å²) < 4.78 is 11.1. The number of hydrogen-bond donors (Lipinski definition) is 2. The highest BCUT2D eigenvalue weighted by Gasteiger charge is 2.33. The van der Waals surface area contributed by atoms with Crippen molar-refractivity contribution in [1.29, 1.82) is 0 Å². The van der Waals surface area contributed by atoms with Crippen LogP contribution in [0.25, 0.3) is 0 Å². The van der Waals surface area contributed by atoms with E-state index in [1.807, 2.05) is 13.8 Å². The molecule has 2 aromatic rings. The number of aromatic nitrogens is 3. The van der Waals surface area contributed by atoms with E-state index in [0.29, 0.717) is 35.4 Å². The molecule has 0 spiro atoms. The van der Waals surface area contributed by atoms with E-state index in [0.717, 1.165) is 16.5 Å². The van der Waals surface area contributed by atoms with Crippen molar-refractivity contribution in [3.8, 4) is 0 Å². The highest BCUT2D eigenvalue weighted by Crippen LogP contribution is 2.30. The number of H-pyrrole nitrogens is 1. The summed E-state index contributed by atoms with van der Waals surface area (Å²) in [7, 11) is 3.00. The van der Waals surface area contributed by atoms with Gasteiger partial charge in [0, 0.05) is 25.9 Å². The second kappa shape index (κ2) is 9.23. The quantitative estimate of drug-likeness (QED) is 0.603. The first-order valence-corrected chi connectivity index (χ1v) is 10.9. The molecule has 3 heterocycles. The van der Waals surface area contributed by atoms with Gasteiger partial charge >= 0.3 is 5.97 Å². The predicted molar refractivity (Wildman–Crippen MR) is 113 cm³/mol. The van der Waals surface area contributed by atoms with E-state index in [-0.39, 0.29) is 29.8 Å². The Labute approximate surface area is 181 Å². The third kappa shape index (κ3) is 4.62. The van der Waals surface area contributed by atoms with Crippen LogP contribution in [0.5, 0.6) is 0 Å². The molecule has 158 valence electrons. The van der Waals surface area contributed by atoms with Crippen LogP contribution >= 0.6 is 27.3 Å². The molecule has 1 saturated heterocycles. The molecule has 1 aliphatic rings. The van der Waals surface area contributed by atoms with Crippen LogP contribution in [0.3, 0.4) is 0 Å². The lowest BCUT2D eigenvalue weighted by Gasteiger charge is -2.37. The molecule has 1 aliphatic heterocycles. The lowest BCUT2D eigenvalue weighted by molar-refractivity contribution is 0.0538. The molecule has 9 nitrogen and oxygen atoms in total. The molecule has 0 aromatic carbocycles. The van der Waals surface area contributed by atoms with Gasteiger partial charge in [0.2, 0.25) is 0 Å². The Morgan fingerprint density at radius 3 is 2.72 bits per heavy atom. The number of nitrogens with zero attached hydrogens (tertiary/aromatic N) is 3. The summed E-state index contributed by atoms with van der Waals surface area (Å²) in [6.45, 7) is 5.04. The molecule has 0 radical (unpaired) electrons. The van der Waals surface area contributed by atoms with Gasteiger partial charge in [-0.05, 0) is 35.7 Å². The number of carbonyl (C=O) groups is 2. The molecular weight excluding hydrogens is 462 g/mol. The molecule has 1 amide bonds. The lowest BCUT2D eigenvalue weighted by Crippen LogP contribution is -2.55. The minimum absolute atomic E-state index is 0.154. The topological polar surface area (TPSA) is 109 Å². The van der Waals surface area contributed by atoms with E-state index in [9.17, 15) is 9.59 Å². The van der Waals surface area contributed by atoms with Crippen molar-refractivity contribution in [3.05, 3.63) is 26.7 Å². The van der Waals surface area contributed by atoms with Crippen molar-refractivity contribution < 1.29 is 19.1 Å². The summed E-state index contributed by atoms with van der Waals surface area (Å²) in [6.07, 6.45) is 1.11. The standard InChI is InChI=1S/C18H24BrN5O4S/c1-5-10-13(17(26)28-4)29-18(22-10)24-7-6-11(12(8-24)27-3)21-16(25)15-20-9(2)14(19)23-15/h11-12H,5-8H2,1-4H3,(H,20,23)(H,21,25)/t11-,12+/m1/s1. The number of aryl methyl sites for hydroxylation is 2. The zero-order valence-corrected chi connectivity index (χ0v) is 19.1. The summed E-state index contributed by atoms with van der Waals surface area (Å²) in [6, 6.07) is -0.154. The molecule has 2 N–H and O–H groups in total. The maximum absolute atomic E-state index is 12.5. The number of aromatic amines is 1. The molecule has 29 heavy (non-hydrogen) atoms. The van der Waals surface area contributed by atoms with Gasteiger partial charge in [0.1, 0.15) is 9.48 Å². The Balaban J connectivity index is 1.70. The number of carbonyl (C=O) groups excluding carboxylic acids is 2. The Kier molecular flexibility index (Phi) is 6.91. The van der Waals surface area contributed by atoms with Gasteiger partial charge in [-0.1, -0.05) is 18.3 Å². The number of methoxy groups -OCH3 is 2. The monoisotopic (exact) mass is 485 g/mol. The van der Waals surface area contributed by atoms with Gasteiger partial charge in [0.05, 0.1) is 24.9 Å². The van der Waals surface area contributed by atoms with Gasteiger partial charge in [-0.3, -0.25) is 4.79 Å². The summed E-state index contributed by atoms with van der Waals surface area (Å²) in [5.41, 5.74) is 1.53. The second-order valence-corrected chi connectivity index (χ2v) is 8.44. The zero-order valence-electron chi connectivity index (χ0n) is 16.7. The number of amides is 1. The second-order valence-electron chi connectivity index (χ2n) is 6.71. The van der Waals surface area contributed by atoms with E-state index >= 15 is 0 Å². The molecule has 2 aromatic heterocycles. The maximum Gasteiger partial charge on any atom is 0.350 e. The van der Waals surface area contributed by atoms with Crippen LogP contribution in [0.1, 0.15) is 45.0 Å². The first kappa shape index (κ1) is 21.7. The van der Waals surface area contributed by atoms with Crippen LogP contribution < -0.4 is 10.2 Å². The van der Waals surface area contributed by atoms with Crippen molar-refractivity contribution in [2.75, 3.05) is 32.2 Å². The fraction of sp³-hybridized carbons (Fsp3) is 0.556. The van der Waals surface area contributed by atoms with Gasteiger partial charge < -0.3 is 24.7 Å². The summed E-state index contributed by atoms with van der Waals surface area (Å²) in [4.78, 5) is 38.9. The van der Waals surface area contributed by atoms with Crippen LogP contribution in [-0.4, -0.2) is 66.3 Å². The Morgan fingerprint density at radius 2 is 2.14 bits per heavy atom. The molecule has 1 fully saturated rings. The van der Waals surface area contributed by atoms with E-state index in [2.05, 4.69) is 41.1 Å². The number of thiazole rings is 1. The lowest BCUT2D eigenvalue weighted by atomic mass is 10.0. The van der Waals surface area contributed by atoms with Gasteiger partial charge in [0.25, 0.3) is 5.91 Å². The van der Waals surface area contributed by atoms with Crippen LogP contribution in [0, 0.1) is 6.92 Å². The number of ether oxygens (including phenoxy) is 2. The molecule has 11 heteroatoms. The number of halogens is 1. The summed E-state index contributed by atoms with van der Waals surface area (Å²) >= 11 is 4.63. The smallest absolute Gasteiger partial charge is 0.350 e. The van der Waals surface area contributed by atoms with Gasteiger partial charge in [0.15, 0.2) is 11.0 Å². The van der Waals surface area contributed by atoms with E-state index < -0.39 is 0 Å². The predicted octanol–water partition coefficient (Wildman–Crippen LogP) is 2.31. The highest BCUT2D eigenvalue weighted by atomic mass is 79.9. The Bertz CT molecular complexity index is 879. The molecular formula is C18H24BrN5O4S. The van der Waals surface area contributed by atoms with Gasteiger partial charge in [-0.25, -0.2) is 14.8 Å². The number of imidazole rings is 1. The largest absolute Gasteiger partial charge is 0.465 e. The first-order chi connectivity index (χ1) is 13.9. The molecule has 3 rings (SSSR count). The number of anilines is 1. The number of nitrogens with one attached hydrogen (secondary N) is 2. The number of esters is 1. The molecule has 0 unspecified atom stereocenters. The van der Waals surface area contributed by atoms with Crippen molar-refractivity contribution in [1.82, 2.24) is 20.3 Å². The molecule has 0 bridgehead atoms. The maximum atomic E-state index is 12.5. The Hall–Kier alpha value is -1.98. The minimum atomic E-state index is -0.365. The van der Waals surface area contributed by atoms with Crippen LogP contribution in [0.2, 0.25) is 0 Å². The molecule has 0 aliphatic carbocycles. The van der Waals surface area contributed by atoms with Crippen molar-refractivity contribution in [2.24, 2.45) is 0 Å². The van der Waals surface area contributed by atoms with Crippen LogP contribution in [0.15, 0.2) is 4.60 Å². The average Bonchev–Trinajstić information content (AvgIpc) is 3.31. The van der Waals surface area contributed by atoms with Crippen molar-refractivity contribution in [3.63, 3.8) is 0 Å². The summed E-state index contributed by atoms with van der Waals surface area (Å²) in [5.74, 6) is -0.368. The fourth-order valence-corrected chi connectivity index (χ4v) is 4.63. The minimum Gasteiger partial charge on any atom is -0.465 e. The third-order valence-electron chi connectivity index (χ3n) is 4.88. The molecule has 2 atom stereocenters. The fourth-order valence-electron chi connectivity index (χ4n) is 3.24.